The summed E-state index contributed by atoms with van der Waals surface area (Å²) in [5.41, 5.74) is 0.0896. The molecule has 0 aliphatic rings. The van der Waals surface area contributed by atoms with E-state index in [0.717, 1.165) is 23.8 Å². The standard InChI is InChI=1S/C18H15N5O6/c1-3-21-15-5-4-10(2)6-14(15)16(18(21)25)19-20-17(24)11-7-12(22(26)27)9-13(8-11)23(28)29/h4-9,25H,3H2,1-2H3. The highest BCUT2D eigenvalue weighted by Crippen LogP contribution is 2.39. The third kappa shape index (κ3) is 3.65. The van der Waals surface area contributed by atoms with Crippen LogP contribution < -0.4 is 0 Å². The predicted molar refractivity (Wildman–Crippen MR) is 103 cm³/mol. The Hall–Kier alpha value is -4.15. The normalized spacial score (nSPS) is 11.2. The predicted octanol–water partition coefficient (Wildman–Crippen LogP) is 4.42. The Morgan fingerprint density at radius 1 is 1.10 bits per heavy atom. The molecule has 0 saturated carbocycles. The van der Waals surface area contributed by atoms with Gasteiger partial charge in [0.1, 0.15) is 0 Å². The molecule has 3 rings (SSSR count). The van der Waals surface area contributed by atoms with Crippen LogP contribution in [0.5, 0.6) is 5.88 Å². The number of amides is 1. The lowest BCUT2D eigenvalue weighted by Gasteiger charge is -2.01. The van der Waals surface area contributed by atoms with Crippen molar-refractivity contribution in [1.82, 2.24) is 4.57 Å². The summed E-state index contributed by atoms with van der Waals surface area (Å²) in [4.78, 5) is 32.6. The van der Waals surface area contributed by atoms with Crippen LogP contribution >= 0.6 is 0 Å². The fraction of sp³-hybridized carbons (Fsp3) is 0.167. The molecular formula is C18H15N5O6. The van der Waals surface area contributed by atoms with Crippen molar-refractivity contribution in [3.63, 3.8) is 0 Å². The van der Waals surface area contributed by atoms with Crippen LogP contribution in [0.25, 0.3) is 10.9 Å². The zero-order valence-corrected chi connectivity index (χ0v) is 15.4. The highest BCUT2D eigenvalue weighted by Gasteiger charge is 2.21. The van der Waals surface area contributed by atoms with Crippen molar-refractivity contribution < 1.29 is 19.7 Å². The van der Waals surface area contributed by atoms with Crippen molar-refractivity contribution in [3.05, 3.63) is 67.8 Å². The fourth-order valence-corrected chi connectivity index (χ4v) is 2.94. The molecule has 0 atom stereocenters. The third-order valence-electron chi connectivity index (χ3n) is 4.29. The second-order valence-corrected chi connectivity index (χ2v) is 6.19. The molecule has 0 aliphatic carbocycles. The number of hydrogen-bond acceptors (Lipinski definition) is 7. The van der Waals surface area contributed by atoms with Gasteiger partial charge >= 0.3 is 0 Å². The number of aryl methyl sites for hydroxylation is 2. The number of aromatic nitrogens is 1. The maximum absolute atomic E-state index is 12.4. The summed E-state index contributed by atoms with van der Waals surface area (Å²) >= 11 is 0. The Bertz CT molecular complexity index is 1160. The van der Waals surface area contributed by atoms with Crippen molar-refractivity contribution in [2.24, 2.45) is 10.2 Å². The number of azo groups is 1. The molecule has 2 aromatic carbocycles. The minimum Gasteiger partial charge on any atom is -0.493 e. The van der Waals surface area contributed by atoms with Crippen LogP contribution in [0.1, 0.15) is 22.8 Å². The minimum absolute atomic E-state index is 0.0684. The van der Waals surface area contributed by atoms with Gasteiger partial charge in [0.05, 0.1) is 27.0 Å². The molecule has 11 nitrogen and oxygen atoms in total. The maximum atomic E-state index is 12.4. The molecule has 0 spiro atoms. The van der Waals surface area contributed by atoms with Crippen molar-refractivity contribution in [2.75, 3.05) is 0 Å². The first-order valence-corrected chi connectivity index (χ1v) is 8.44. The van der Waals surface area contributed by atoms with Crippen molar-refractivity contribution >= 4 is 33.9 Å². The molecular weight excluding hydrogens is 382 g/mol. The zero-order valence-electron chi connectivity index (χ0n) is 15.4. The molecule has 0 bridgehead atoms. The molecule has 0 radical (unpaired) electrons. The molecule has 0 unspecified atom stereocenters. The van der Waals surface area contributed by atoms with Crippen molar-refractivity contribution in [2.45, 2.75) is 20.4 Å². The van der Waals surface area contributed by atoms with Gasteiger partial charge in [-0.25, -0.2) is 0 Å². The Labute approximate surface area is 163 Å². The largest absolute Gasteiger partial charge is 0.493 e. The summed E-state index contributed by atoms with van der Waals surface area (Å²) in [6.45, 7) is 4.13. The van der Waals surface area contributed by atoms with Gasteiger partial charge in [0, 0.05) is 24.1 Å². The van der Waals surface area contributed by atoms with E-state index in [2.05, 4.69) is 10.2 Å². The number of nitrogens with zero attached hydrogens (tertiary/aromatic N) is 5. The van der Waals surface area contributed by atoms with Gasteiger partial charge in [-0.3, -0.25) is 25.0 Å². The molecule has 148 valence electrons. The van der Waals surface area contributed by atoms with Gasteiger partial charge in [0.25, 0.3) is 17.3 Å². The number of fused-ring (bicyclic) bond motifs is 1. The number of carbonyl (C=O) groups excluding carboxylic acids is 1. The first kappa shape index (κ1) is 19.6. The van der Waals surface area contributed by atoms with E-state index in [1.807, 2.05) is 19.9 Å². The maximum Gasteiger partial charge on any atom is 0.295 e. The Balaban J connectivity index is 2.06. The summed E-state index contributed by atoms with van der Waals surface area (Å²) in [7, 11) is 0. The minimum atomic E-state index is -1.01. The van der Waals surface area contributed by atoms with E-state index in [1.165, 1.54) is 0 Å². The second-order valence-electron chi connectivity index (χ2n) is 6.19. The van der Waals surface area contributed by atoms with E-state index in [-0.39, 0.29) is 17.1 Å². The summed E-state index contributed by atoms with van der Waals surface area (Å²) < 4.78 is 1.59. The van der Waals surface area contributed by atoms with E-state index >= 15 is 0 Å². The summed E-state index contributed by atoms with van der Waals surface area (Å²) in [6.07, 6.45) is 0. The Morgan fingerprint density at radius 3 is 2.28 bits per heavy atom. The average molecular weight is 397 g/mol. The fourth-order valence-electron chi connectivity index (χ4n) is 2.94. The number of carbonyl (C=O) groups is 1. The third-order valence-corrected chi connectivity index (χ3v) is 4.29. The number of aromatic hydroxyl groups is 1. The number of nitro benzene ring substituents is 2. The first-order valence-electron chi connectivity index (χ1n) is 8.44. The molecule has 29 heavy (non-hydrogen) atoms. The van der Waals surface area contributed by atoms with Crippen LogP contribution in [0.3, 0.4) is 0 Å². The quantitative estimate of drug-likeness (QED) is 0.382. The van der Waals surface area contributed by atoms with Gasteiger partial charge in [-0.15, -0.1) is 10.2 Å². The summed E-state index contributed by atoms with van der Waals surface area (Å²) in [5.74, 6) is -1.20. The smallest absolute Gasteiger partial charge is 0.295 e. The number of rotatable bonds is 5. The van der Waals surface area contributed by atoms with E-state index in [0.29, 0.717) is 17.4 Å². The first-order chi connectivity index (χ1) is 13.7. The molecule has 0 saturated heterocycles. The number of benzene rings is 2. The van der Waals surface area contributed by atoms with Crippen molar-refractivity contribution in [3.8, 4) is 5.88 Å². The number of nitro groups is 2. The average Bonchev–Trinajstić information content (AvgIpc) is 2.95. The van der Waals surface area contributed by atoms with E-state index in [1.54, 1.807) is 16.7 Å². The lowest BCUT2D eigenvalue weighted by molar-refractivity contribution is -0.394. The molecule has 1 aromatic heterocycles. The van der Waals surface area contributed by atoms with E-state index < -0.39 is 27.1 Å². The Morgan fingerprint density at radius 2 is 1.72 bits per heavy atom. The van der Waals surface area contributed by atoms with Crippen molar-refractivity contribution in [1.29, 1.82) is 0 Å². The highest BCUT2D eigenvalue weighted by atomic mass is 16.6. The summed E-state index contributed by atoms with van der Waals surface area (Å²) in [6, 6.07) is 7.96. The number of hydrogen-bond donors (Lipinski definition) is 1. The van der Waals surface area contributed by atoms with Gasteiger partial charge in [-0.1, -0.05) is 11.6 Å². The van der Waals surface area contributed by atoms with Crippen LogP contribution in [0.2, 0.25) is 0 Å². The van der Waals surface area contributed by atoms with E-state index in [4.69, 9.17) is 0 Å². The molecule has 0 aliphatic heterocycles. The highest BCUT2D eigenvalue weighted by molar-refractivity contribution is 5.98. The van der Waals surface area contributed by atoms with Gasteiger partial charge in [0.15, 0.2) is 5.69 Å². The number of non-ortho nitro benzene ring substituents is 2. The second kappa shape index (κ2) is 7.46. The van der Waals surface area contributed by atoms with Crippen LogP contribution in [-0.4, -0.2) is 25.4 Å². The molecule has 3 aromatic rings. The SMILES string of the molecule is CCn1c(O)c(N=NC(=O)c2cc([N+](=O)[O-])cc([N+](=O)[O-])c2)c2cc(C)ccc21. The Kier molecular flexibility index (Phi) is 5.05. The van der Waals surface area contributed by atoms with Crippen LogP contribution in [0.15, 0.2) is 46.6 Å². The van der Waals surface area contributed by atoms with Crippen LogP contribution in [0, 0.1) is 27.2 Å². The molecule has 1 amide bonds. The zero-order chi connectivity index (χ0) is 21.3. The van der Waals surface area contributed by atoms with Crippen LogP contribution in [-0.2, 0) is 6.54 Å². The molecule has 1 heterocycles. The van der Waals surface area contributed by atoms with E-state index in [9.17, 15) is 30.1 Å². The van der Waals surface area contributed by atoms with Gasteiger partial charge in [0.2, 0.25) is 5.88 Å². The van der Waals surface area contributed by atoms with Gasteiger partial charge < -0.3 is 9.67 Å². The lowest BCUT2D eigenvalue weighted by Crippen LogP contribution is -1.99. The molecule has 0 fully saturated rings. The molecule has 11 heteroatoms. The van der Waals surface area contributed by atoms with Gasteiger partial charge in [-0.2, -0.15) is 0 Å². The molecule has 1 N–H and O–H groups in total. The summed E-state index contributed by atoms with van der Waals surface area (Å²) in [5, 5.41) is 40.3. The monoisotopic (exact) mass is 397 g/mol. The van der Waals surface area contributed by atoms with Gasteiger partial charge in [-0.05, 0) is 26.0 Å². The topological polar surface area (TPSA) is 153 Å². The van der Waals surface area contributed by atoms with Crippen LogP contribution in [0.4, 0.5) is 17.1 Å². The lowest BCUT2D eigenvalue weighted by atomic mass is 10.1.